The molecular formula is C9H15N2O2-. The molecule has 1 aliphatic rings. The molecule has 1 atom stereocenters. The van der Waals surface area contributed by atoms with Gasteiger partial charge in [-0.05, 0) is 19.5 Å². The largest absolute Gasteiger partial charge is 0.758 e. The predicted octanol–water partition coefficient (Wildman–Crippen LogP) is 0.989. The van der Waals surface area contributed by atoms with E-state index in [1.165, 1.54) is 6.20 Å². The van der Waals surface area contributed by atoms with Gasteiger partial charge >= 0.3 is 0 Å². The number of hydrogen-bond donors (Lipinski definition) is 1. The van der Waals surface area contributed by atoms with Crippen LogP contribution in [0.2, 0.25) is 0 Å². The van der Waals surface area contributed by atoms with Crippen LogP contribution in [0, 0.1) is 5.21 Å². The van der Waals surface area contributed by atoms with Gasteiger partial charge in [-0.1, -0.05) is 12.5 Å². The number of carbonyl (C=O) groups is 1. The van der Waals surface area contributed by atoms with Gasteiger partial charge in [-0.3, -0.25) is 4.79 Å². The Bertz CT molecular complexity index is 250. The van der Waals surface area contributed by atoms with Gasteiger partial charge in [0.1, 0.15) is 5.54 Å². The first-order valence-corrected chi connectivity index (χ1v) is 4.42. The maximum Gasteiger partial charge on any atom is 0.244 e. The summed E-state index contributed by atoms with van der Waals surface area (Å²) in [7, 11) is 1.55. The SMILES string of the molecule is CCC1=CN([O-])C(C)(C(=O)NC)C1. The van der Waals surface area contributed by atoms with E-state index in [0.717, 1.165) is 17.1 Å². The Labute approximate surface area is 78.2 Å². The van der Waals surface area contributed by atoms with Crippen molar-refractivity contribution in [3.05, 3.63) is 17.0 Å². The molecule has 0 aliphatic carbocycles. The third-order valence-corrected chi connectivity index (χ3v) is 2.53. The third-order valence-electron chi connectivity index (χ3n) is 2.53. The smallest absolute Gasteiger partial charge is 0.244 e. The van der Waals surface area contributed by atoms with Gasteiger partial charge < -0.3 is 15.6 Å². The molecule has 13 heavy (non-hydrogen) atoms. The molecule has 1 aliphatic heterocycles. The van der Waals surface area contributed by atoms with Crippen LogP contribution in [-0.4, -0.2) is 23.6 Å². The van der Waals surface area contributed by atoms with Crippen molar-refractivity contribution < 1.29 is 4.79 Å². The van der Waals surface area contributed by atoms with Gasteiger partial charge in [-0.25, -0.2) is 0 Å². The van der Waals surface area contributed by atoms with Crippen molar-refractivity contribution in [2.75, 3.05) is 7.05 Å². The normalized spacial score (nSPS) is 27.4. The number of likely N-dealkylation sites (N-methyl/N-ethyl adjacent to an activating group) is 1. The Kier molecular flexibility index (Phi) is 2.61. The first-order valence-electron chi connectivity index (χ1n) is 4.42. The van der Waals surface area contributed by atoms with Crippen molar-refractivity contribution in [3.8, 4) is 0 Å². The van der Waals surface area contributed by atoms with E-state index in [2.05, 4.69) is 5.32 Å². The molecule has 0 spiro atoms. The lowest BCUT2D eigenvalue weighted by Crippen LogP contribution is -2.49. The van der Waals surface area contributed by atoms with Crippen molar-refractivity contribution >= 4 is 5.91 Å². The van der Waals surface area contributed by atoms with Crippen LogP contribution in [0.5, 0.6) is 0 Å². The maximum atomic E-state index is 11.4. The molecule has 1 unspecified atom stereocenters. The summed E-state index contributed by atoms with van der Waals surface area (Å²) in [4.78, 5) is 11.4. The van der Waals surface area contributed by atoms with Gasteiger partial charge in [-0.2, -0.15) is 0 Å². The fraction of sp³-hybridized carbons (Fsp3) is 0.667. The van der Waals surface area contributed by atoms with Crippen molar-refractivity contribution in [1.29, 1.82) is 0 Å². The van der Waals surface area contributed by atoms with Crippen molar-refractivity contribution in [1.82, 2.24) is 10.4 Å². The lowest BCUT2D eigenvalue weighted by Gasteiger charge is -2.39. The minimum absolute atomic E-state index is 0.220. The van der Waals surface area contributed by atoms with E-state index in [9.17, 15) is 10.0 Å². The lowest BCUT2D eigenvalue weighted by atomic mass is 9.95. The number of carbonyl (C=O) groups excluding carboxylic acids is 1. The predicted molar refractivity (Wildman–Crippen MR) is 50.7 cm³/mol. The standard InChI is InChI=1S/C9H15N2O2/c1-4-7-5-9(2,8(12)10-3)11(13)6-7/h6H,4-5H2,1-3H3,(H,10,12)/q-1. The zero-order valence-electron chi connectivity index (χ0n) is 8.26. The molecule has 4 nitrogen and oxygen atoms in total. The Balaban J connectivity index is 2.81. The molecule has 4 heteroatoms. The summed E-state index contributed by atoms with van der Waals surface area (Å²) in [6.45, 7) is 3.65. The van der Waals surface area contributed by atoms with Crippen LogP contribution in [0.25, 0.3) is 0 Å². The van der Waals surface area contributed by atoms with Crippen LogP contribution in [0.4, 0.5) is 0 Å². The number of nitrogens with zero attached hydrogens (tertiary/aromatic N) is 1. The van der Waals surface area contributed by atoms with Gasteiger partial charge in [-0.15, -0.1) is 0 Å². The van der Waals surface area contributed by atoms with Crippen molar-refractivity contribution in [2.45, 2.75) is 32.2 Å². The summed E-state index contributed by atoms with van der Waals surface area (Å²) in [6, 6.07) is 0. The van der Waals surface area contributed by atoms with E-state index < -0.39 is 5.54 Å². The molecule has 1 rings (SSSR count). The second-order valence-electron chi connectivity index (χ2n) is 3.50. The second kappa shape index (κ2) is 3.38. The minimum atomic E-state index is -0.930. The second-order valence-corrected chi connectivity index (χ2v) is 3.50. The van der Waals surface area contributed by atoms with Gasteiger partial charge in [0, 0.05) is 13.5 Å². The molecule has 74 valence electrons. The monoisotopic (exact) mass is 183 g/mol. The molecule has 0 saturated carbocycles. The average molecular weight is 183 g/mol. The van der Waals surface area contributed by atoms with Gasteiger partial charge in [0.25, 0.3) is 0 Å². The molecule has 0 fully saturated rings. The minimum Gasteiger partial charge on any atom is -0.758 e. The van der Waals surface area contributed by atoms with E-state index in [1.54, 1.807) is 14.0 Å². The van der Waals surface area contributed by atoms with Crippen LogP contribution in [0.1, 0.15) is 26.7 Å². The van der Waals surface area contributed by atoms with Crippen LogP contribution in [0.15, 0.2) is 11.8 Å². The van der Waals surface area contributed by atoms with Gasteiger partial charge in [0.2, 0.25) is 5.91 Å². The summed E-state index contributed by atoms with van der Waals surface area (Å²) >= 11 is 0. The van der Waals surface area contributed by atoms with E-state index in [4.69, 9.17) is 0 Å². The molecule has 1 N–H and O–H groups in total. The van der Waals surface area contributed by atoms with E-state index >= 15 is 0 Å². The summed E-state index contributed by atoms with van der Waals surface area (Å²) in [5, 5.41) is 14.7. The van der Waals surface area contributed by atoms with E-state index in [0.29, 0.717) is 6.42 Å². The highest BCUT2D eigenvalue weighted by Crippen LogP contribution is 2.32. The average Bonchev–Trinajstić information content (AvgIpc) is 2.42. The highest BCUT2D eigenvalue weighted by atomic mass is 16.5. The highest BCUT2D eigenvalue weighted by Gasteiger charge is 2.37. The Morgan fingerprint density at radius 2 is 2.46 bits per heavy atom. The van der Waals surface area contributed by atoms with Crippen molar-refractivity contribution in [3.63, 3.8) is 0 Å². The maximum absolute atomic E-state index is 11.4. The van der Waals surface area contributed by atoms with Gasteiger partial charge in [0.05, 0.1) is 0 Å². The fourth-order valence-corrected chi connectivity index (χ4v) is 1.54. The summed E-state index contributed by atoms with van der Waals surface area (Å²) in [5.74, 6) is -0.220. The summed E-state index contributed by atoms with van der Waals surface area (Å²) < 4.78 is 0. The molecule has 0 aromatic rings. The molecule has 0 aromatic heterocycles. The van der Waals surface area contributed by atoms with E-state index in [-0.39, 0.29) is 5.91 Å². The molecule has 0 saturated heterocycles. The van der Waals surface area contributed by atoms with Gasteiger partial charge in [0.15, 0.2) is 0 Å². The highest BCUT2D eigenvalue weighted by molar-refractivity contribution is 5.86. The zero-order chi connectivity index (χ0) is 10.1. The summed E-state index contributed by atoms with van der Waals surface area (Å²) in [5.41, 5.74) is 0.0983. The molecular weight excluding hydrogens is 168 g/mol. The topological polar surface area (TPSA) is 55.4 Å². The van der Waals surface area contributed by atoms with E-state index in [1.807, 2.05) is 6.92 Å². The molecule has 1 amide bonds. The van der Waals surface area contributed by atoms with Crippen LogP contribution in [0.3, 0.4) is 0 Å². The molecule has 1 heterocycles. The lowest BCUT2D eigenvalue weighted by molar-refractivity contribution is -0.128. The molecule has 0 radical (unpaired) electrons. The third kappa shape index (κ3) is 1.54. The Hall–Kier alpha value is -1.03. The number of hydrogen-bond acceptors (Lipinski definition) is 3. The number of hydroxylamine groups is 2. The number of nitrogens with one attached hydrogen (secondary N) is 1. The Morgan fingerprint density at radius 1 is 1.85 bits per heavy atom. The first-order chi connectivity index (χ1) is 6.04. The van der Waals surface area contributed by atoms with Crippen LogP contribution in [-0.2, 0) is 4.79 Å². The quantitative estimate of drug-likeness (QED) is 0.694. The first kappa shape index (κ1) is 10.1. The zero-order valence-corrected chi connectivity index (χ0v) is 8.26. The number of rotatable bonds is 2. The van der Waals surface area contributed by atoms with Crippen molar-refractivity contribution in [2.24, 2.45) is 0 Å². The van der Waals surface area contributed by atoms with Crippen LogP contribution < -0.4 is 5.32 Å². The summed E-state index contributed by atoms with van der Waals surface area (Å²) in [6.07, 6.45) is 2.88. The number of amides is 1. The molecule has 0 aromatic carbocycles. The fourth-order valence-electron chi connectivity index (χ4n) is 1.54. The molecule has 0 bridgehead atoms. The van der Waals surface area contributed by atoms with Crippen LogP contribution >= 0.6 is 0 Å². The Morgan fingerprint density at radius 3 is 2.85 bits per heavy atom.